The normalized spacial score (nSPS) is 28.3. The van der Waals surface area contributed by atoms with Gasteiger partial charge in [-0.3, -0.25) is 19.7 Å². The first-order valence-electron chi connectivity index (χ1n) is 9.76. The standard InChI is InChI=1S/C20H26N4O3/c21-14-2-1-3-15(9-14)22-10-12-4-5-13-11-24(20(27)16(13)8-12)17-6-7-18(25)23-19(17)26/h4-5,8,14-15,17,22H,1-3,6-7,9-11,21H2,(H,23,25,26)/t14-,15+,17?/m1/s1. The fourth-order valence-corrected chi connectivity index (χ4v) is 4.39. The number of nitrogens with one attached hydrogen (secondary N) is 2. The highest BCUT2D eigenvalue weighted by atomic mass is 16.2. The number of hydrogen-bond acceptors (Lipinski definition) is 5. The van der Waals surface area contributed by atoms with Crippen molar-refractivity contribution >= 4 is 17.7 Å². The number of hydrogen-bond donors (Lipinski definition) is 3. The number of rotatable bonds is 4. The summed E-state index contributed by atoms with van der Waals surface area (Å²) in [5.74, 6) is -0.764. The van der Waals surface area contributed by atoms with Crippen LogP contribution in [0.2, 0.25) is 0 Å². The maximum Gasteiger partial charge on any atom is 0.255 e. The lowest BCUT2D eigenvalue weighted by molar-refractivity contribution is -0.136. The molecule has 0 aromatic heterocycles. The van der Waals surface area contributed by atoms with Gasteiger partial charge in [-0.15, -0.1) is 0 Å². The Kier molecular flexibility index (Phi) is 4.97. The van der Waals surface area contributed by atoms with Gasteiger partial charge in [0.2, 0.25) is 11.8 Å². The van der Waals surface area contributed by atoms with Crippen molar-refractivity contribution in [2.45, 2.75) is 69.7 Å². The van der Waals surface area contributed by atoms with Crippen LogP contribution in [0.15, 0.2) is 18.2 Å². The monoisotopic (exact) mass is 370 g/mol. The third-order valence-electron chi connectivity index (χ3n) is 5.90. The van der Waals surface area contributed by atoms with E-state index < -0.39 is 6.04 Å². The van der Waals surface area contributed by atoms with E-state index in [0.717, 1.165) is 36.8 Å². The van der Waals surface area contributed by atoms with Crippen LogP contribution < -0.4 is 16.4 Å². The Morgan fingerprint density at radius 2 is 2.04 bits per heavy atom. The van der Waals surface area contributed by atoms with Gasteiger partial charge >= 0.3 is 0 Å². The predicted octanol–water partition coefficient (Wildman–Crippen LogP) is 0.807. The lowest BCUT2D eigenvalue weighted by Gasteiger charge is -2.29. The van der Waals surface area contributed by atoms with Crippen LogP contribution in [-0.4, -0.2) is 40.7 Å². The van der Waals surface area contributed by atoms with Crippen molar-refractivity contribution in [3.63, 3.8) is 0 Å². The van der Waals surface area contributed by atoms with Crippen LogP contribution >= 0.6 is 0 Å². The molecule has 1 aromatic rings. The van der Waals surface area contributed by atoms with Crippen LogP contribution in [0, 0.1) is 0 Å². The van der Waals surface area contributed by atoms with E-state index in [1.54, 1.807) is 4.90 Å². The van der Waals surface area contributed by atoms with Crippen molar-refractivity contribution in [2.24, 2.45) is 5.73 Å². The van der Waals surface area contributed by atoms with Gasteiger partial charge in [0, 0.05) is 37.2 Å². The first kappa shape index (κ1) is 18.1. The summed E-state index contributed by atoms with van der Waals surface area (Å²) >= 11 is 0. The van der Waals surface area contributed by atoms with E-state index in [0.29, 0.717) is 31.1 Å². The van der Waals surface area contributed by atoms with Crippen LogP contribution in [0.5, 0.6) is 0 Å². The second kappa shape index (κ2) is 7.40. The van der Waals surface area contributed by atoms with Crippen molar-refractivity contribution in [3.8, 4) is 0 Å². The Labute approximate surface area is 158 Å². The molecule has 3 amide bonds. The molecule has 0 bridgehead atoms. The molecule has 1 aliphatic carbocycles. The van der Waals surface area contributed by atoms with Gasteiger partial charge in [-0.25, -0.2) is 0 Å². The number of piperidine rings is 1. The fourth-order valence-electron chi connectivity index (χ4n) is 4.39. The van der Waals surface area contributed by atoms with Gasteiger partial charge in [0.05, 0.1) is 0 Å². The Morgan fingerprint density at radius 3 is 2.81 bits per heavy atom. The third kappa shape index (κ3) is 3.75. The minimum absolute atomic E-state index is 0.124. The molecule has 2 aliphatic heterocycles. The molecule has 144 valence electrons. The molecule has 3 aliphatic rings. The third-order valence-corrected chi connectivity index (χ3v) is 5.90. The molecule has 2 heterocycles. The first-order valence-corrected chi connectivity index (χ1v) is 9.76. The van der Waals surface area contributed by atoms with E-state index in [-0.39, 0.29) is 30.2 Å². The summed E-state index contributed by atoms with van der Waals surface area (Å²) < 4.78 is 0. The summed E-state index contributed by atoms with van der Waals surface area (Å²) in [5, 5.41) is 5.89. The van der Waals surface area contributed by atoms with Crippen molar-refractivity contribution in [1.29, 1.82) is 0 Å². The molecule has 0 spiro atoms. The number of imide groups is 1. The largest absolute Gasteiger partial charge is 0.328 e. The van der Waals surface area contributed by atoms with Gasteiger partial charge in [-0.2, -0.15) is 0 Å². The molecule has 1 aromatic carbocycles. The highest BCUT2D eigenvalue weighted by molar-refractivity contribution is 6.05. The lowest BCUT2D eigenvalue weighted by Crippen LogP contribution is -2.52. The minimum atomic E-state index is -0.562. The highest BCUT2D eigenvalue weighted by Crippen LogP contribution is 2.28. The molecular formula is C20H26N4O3. The molecular weight excluding hydrogens is 344 g/mol. The Bertz CT molecular complexity index is 778. The van der Waals surface area contributed by atoms with Crippen LogP contribution in [0.4, 0.5) is 0 Å². The van der Waals surface area contributed by atoms with Crippen molar-refractivity contribution in [1.82, 2.24) is 15.5 Å². The molecule has 0 radical (unpaired) electrons. The molecule has 7 nitrogen and oxygen atoms in total. The van der Waals surface area contributed by atoms with Gasteiger partial charge in [0.1, 0.15) is 6.04 Å². The highest BCUT2D eigenvalue weighted by Gasteiger charge is 2.39. The average molecular weight is 370 g/mol. The molecule has 27 heavy (non-hydrogen) atoms. The second-order valence-corrected chi connectivity index (χ2v) is 7.90. The summed E-state index contributed by atoms with van der Waals surface area (Å²) in [5.41, 5.74) is 8.71. The van der Waals surface area contributed by atoms with Crippen molar-refractivity contribution in [3.05, 3.63) is 34.9 Å². The summed E-state index contributed by atoms with van der Waals surface area (Å²) in [6.45, 7) is 1.13. The average Bonchev–Trinajstić information content (AvgIpc) is 2.96. The molecule has 3 atom stereocenters. The molecule has 7 heteroatoms. The van der Waals surface area contributed by atoms with Gasteiger partial charge in [-0.1, -0.05) is 18.6 Å². The summed E-state index contributed by atoms with van der Waals surface area (Å²) in [4.78, 5) is 37.9. The van der Waals surface area contributed by atoms with E-state index >= 15 is 0 Å². The van der Waals surface area contributed by atoms with Crippen molar-refractivity contribution in [2.75, 3.05) is 0 Å². The summed E-state index contributed by atoms with van der Waals surface area (Å²) in [6.07, 6.45) is 5.05. The fraction of sp³-hybridized carbons (Fsp3) is 0.550. The number of nitrogens with two attached hydrogens (primary N) is 1. The maximum absolute atomic E-state index is 12.8. The van der Waals surface area contributed by atoms with E-state index in [4.69, 9.17) is 5.73 Å². The number of carbonyl (C=O) groups excluding carboxylic acids is 3. The number of benzene rings is 1. The zero-order chi connectivity index (χ0) is 19.0. The van der Waals surface area contributed by atoms with Gasteiger partial charge in [0.25, 0.3) is 5.91 Å². The van der Waals surface area contributed by atoms with E-state index in [1.807, 2.05) is 18.2 Å². The van der Waals surface area contributed by atoms with E-state index in [2.05, 4.69) is 10.6 Å². The number of amides is 3. The van der Waals surface area contributed by atoms with Gasteiger partial charge < -0.3 is 16.0 Å². The minimum Gasteiger partial charge on any atom is -0.328 e. The van der Waals surface area contributed by atoms with Gasteiger partial charge in [-0.05, 0) is 42.9 Å². The Hall–Kier alpha value is -2.25. The quantitative estimate of drug-likeness (QED) is 0.680. The number of fused-ring (bicyclic) bond motifs is 1. The van der Waals surface area contributed by atoms with Crippen LogP contribution in [0.3, 0.4) is 0 Å². The molecule has 4 rings (SSSR count). The summed E-state index contributed by atoms with van der Waals surface area (Å²) in [7, 11) is 0. The molecule has 1 unspecified atom stereocenters. The lowest BCUT2D eigenvalue weighted by atomic mass is 9.91. The summed E-state index contributed by atoms with van der Waals surface area (Å²) in [6, 6.07) is 6.09. The van der Waals surface area contributed by atoms with Crippen molar-refractivity contribution < 1.29 is 14.4 Å². The van der Waals surface area contributed by atoms with Crippen LogP contribution in [0.1, 0.15) is 60.0 Å². The first-order chi connectivity index (χ1) is 13.0. The van der Waals surface area contributed by atoms with Gasteiger partial charge in [0.15, 0.2) is 0 Å². The Balaban J connectivity index is 1.42. The van der Waals surface area contributed by atoms with Crippen LogP contribution in [-0.2, 0) is 22.7 Å². The number of nitrogens with zero attached hydrogens (tertiary/aromatic N) is 1. The predicted molar refractivity (Wildman–Crippen MR) is 99.6 cm³/mol. The smallest absolute Gasteiger partial charge is 0.255 e. The molecule has 4 N–H and O–H groups in total. The molecule has 1 saturated carbocycles. The van der Waals surface area contributed by atoms with Crippen LogP contribution in [0.25, 0.3) is 0 Å². The zero-order valence-corrected chi connectivity index (χ0v) is 15.4. The zero-order valence-electron chi connectivity index (χ0n) is 15.4. The van der Waals surface area contributed by atoms with E-state index in [1.165, 1.54) is 0 Å². The van der Waals surface area contributed by atoms with E-state index in [9.17, 15) is 14.4 Å². The maximum atomic E-state index is 12.8. The molecule has 1 saturated heterocycles. The Morgan fingerprint density at radius 1 is 1.19 bits per heavy atom. The topological polar surface area (TPSA) is 105 Å². The number of carbonyl (C=O) groups is 3. The molecule has 2 fully saturated rings. The SMILES string of the molecule is N[C@@H]1CCC[C@H](NCc2ccc3c(c2)C(=O)N(C2CCC(=O)NC2=O)C3)C1. The second-order valence-electron chi connectivity index (χ2n) is 7.90.